The third-order valence-corrected chi connectivity index (χ3v) is 7.66. The van der Waals surface area contributed by atoms with E-state index in [1.165, 1.54) is 173 Å². The molecule has 34 heavy (non-hydrogen) atoms. The predicted molar refractivity (Wildman–Crippen MR) is 153 cm³/mol. The van der Waals surface area contributed by atoms with Crippen molar-refractivity contribution < 1.29 is 10.1 Å². The Balaban J connectivity index is 3.25. The van der Waals surface area contributed by atoms with Crippen LogP contribution >= 0.6 is 0 Å². The maximum atomic E-state index is 9.22. The van der Waals surface area contributed by atoms with E-state index in [1.54, 1.807) is 0 Å². The van der Waals surface area contributed by atoms with E-state index in [1.807, 2.05) is 0 Å². The molecule has 1 atom stereocenters. The fraction of sp³-hybridized carbons (Fsp3) is 1.00. The summed E-state index contributed by atoms with van der Waals surface area (Å²) in [7, 11) is 0. The average Bonchev–Trinajstić information content (AvgIpc) is 2.85. The van der Waals surface area contributed by atoms with Crippen LogP contribution in [0.1, 0.15) is 200 Å². The van der Waals surface area contributed by atoms with E-state index in [0.717, 1.165) is 12.8 Å². The molecular formula is C32H66O2. The van der Waals surface area contributed by atoms with E-state index >= 15 is 0 Å². The van der Waals surface area contributed by atoms with Crippen molar-refractivity contribution in [3.63, 3.8) is 0 Å². The summed E-state index contributed by atoms with van der Waals surface area (Å²) in [5.41, 5.74) is 0. The van der Waals surface area contributed by atoms with Crippen LogP contribution in [0.4, 0.5) is 0 Å². The van der Waals surface area contributed by atoms with Crippen LogP contribution in [0.15, 0.2) is 0 Å². The second-order valence-corrected chi connectivity index (χ2v) is 11.1. The highest BCUT2D eigenvalue weighted by Crippen LogP contribution is 2.18. The van der Waals surface area contributed by atoms with Crippen LogP contribution < -0.4 is 0 Å². The largest absolute Gasteiger partial charge is 0.252 e. The van der Waals surface area contributed by atoms with E-state index in [9.17, 15) is 5.26 Å². The SMILES string of the molecule is CCCCCCCCCCCCCCCCCC(CCCCCCCCCCCCCC)OO. The highest BCUT2D eigenvalue weighted by atomic mass is 17.1. The average molecular weight is 483 g/mol. The van der Waals surface area contributed by atoms with Crippen molar-refractivity contribution in [3.05, 3.63) is 0 Å². The fourth-order valence-corrected chi connectivity index (χ4v) is 5.21. The van der Waals surface area contributed by atoms with Crippen LogP contribution in [0.25, 0.3) is 0 Å². The van der Waals surface area contributed by atoms with Gasteiger partial charge in [0, 0.05) is 0 Å². The molecule has 2 heteroatoms. The monoisotopic (exact) mass is 483 g/mol. The van der Waals surface area contributed by atoms with Gasteiger partial charge in [-0.3, -0.25) is 5.26 Å². The summed E-state index contributed by atoms with van der Waals surface area (Å²) in [4.78, 5) is 4.77. The zero-order valence-electron chi connectivity index (χ0n) is 23.9. The molecule has 0 rings (SSSR count). The third kappa shape index (κ3) is 28.2. The van der Waals surface area contributed by atoms with Gasteiger partial charge >= 0.3 is 0 Å². The lowest BCUT2D eigenvalue weighted by atomic mass is 10.0. The Bertz CT molecular complexity index is 344. The Morgan fingerprint density at radius 1 is 0.353 bits per heavy atom. The van der Waals surface area contributed by atoms with E-state index in [-0.39, 0.29) is 6.10 Å². The number of hydrogen-bond donors (Lipinski definition) is 1. The van der Waals surface area contributed by atoms with Crippen molar-refractivity contribution in [2.45, 2.75) is 206 Å². The van der Waals surface area contributed by atoms with Crippen LogP contribution in [0.5, 0.6) is 0 Å². The highest BCUT2D eigenvalue weighted by molar-refractivity contribution is 4.59. The molecule has 0 heterocycles. The smallest absolute Gasteiger partial charge is 0.0927 e. The van der Waals surface area contributed by atoms with Gasteiger partial charge in [-0.05, 0) is 12.8 Å². The van der Waals surface area contributed by atoms with E-state index in [4.69, 9.17) is 4.89 Å². The lowest BCUT2D eigenvalue weighted by molar-refractivity contribution is -0.281. The van der Waals surface area contributed by atoms with Gasteiger partial charge in [-0.1, -0.05) is 187 Å². The Morgan fingerprint density at radius 3 is 0.765 bits per heavy atom. The van der Waals surface area contributed by atoms with Gasteiger partial charge in [-0.2, -0.15) is 0 Å². The van der Waals surface area contributed by atoms with Crippen LogP contribution in [0.3, 0.4) is 0 Å². The normalized spacial score (nSPS) is 12.4. The molecule has 0 aromatic heterocycles. The first kappa shape index (κ1) is 33.9. The maximum Gasteiger partial charge on any atom is 0.0927 e. The minimum absolute atomic E-state index is 0.0742. The first-order valence-electron chi connectivity index (χ1n) is 16.1. The summed E-state index contributed by atoms with van der Waals surface area (Å²) in [6.07, 6.45) is 39.8. The minimum atomic E-state index is 0.0742. The lowest BCUT2D eigenvalue weighted by Gasteiger charge is -2.13. The van der Waals surface area contributed by atoms with Crippen molar-refractivity contribution in [1.82, 2.24) is 0 Å². The number of hydrogen-bond acceptors (Lipinski definition) is 2. The number of rotatable bonds is 30. The van der Waals surface area contributed by atoms with E-state index in [2.05, 4.69) is 13.8 Å². The molecule has 2 nitrogen and oxygen atoms in total. The first-order chi connectivity index (χ1) is 16.8. The Morgan fingerprint density at radius 2 is 0.559 bits per heavy atom. The summed E-state index contributed by atoms with van der Waals surface area (Å²) in [6, 6.07) is 0. The summed E-state index contributed by atoms with van der Waals surface area (Å²) in [5.74, 6) is 0. The Labute approximate surface area is 216 Å². The number of unbranched alkanes of at least 4 members (excludes halogenated alkanes) is 25. The molecule has 206 valence electrons. The first-order valence-corrected chi connectivity index (χ1v) is 16.1. The molecule has 1 unspecified atom stereocenters. The van der Waals surface area contributed by atoms with Crippen LogP contribution in [-0.2, 0) is 4.89 Å². The maximum absolute atomic E-state index is 9.22. The van der Waals surface area contributed by atoms with Crippen molar-refractivity contribution in [1.29, 1.82) is 0 Å². The molecule has 1 N–H and O–H groups in total. The zero-order valence-corrected chi connectivity index (χ0v) is 23.9. The standard InChI is InChI=1S/C32H66O2/c1-3-5-7-9-11-13-15-17-18-19-21-23-25-27-29-31-32(34-33)30-28-26-24-22-20-16-14-12-10-8-6-4-2/h32-33H,3-31H2,1-2H3. The third-order valence-electron chi connectivity index (χ3n) is 7.66. The van der Waals surface area contributed by atoms with Crippen molar-refractivity contribution >= 4 is 0 Å². The fourth-order valence-electron chi connectivity index (χ4n) is 5.21. The van der Waals surface area contributed by atoms with Gasteiger partial charge in [0.1, 0.15) is 0 Å². The molecule has 0 radical (unpaired) electrons. The highest BCUT2D eigenvalue weighted by Gasteiger charge is 2.08. The van der Waals surface area contributed by atoms with Crippen molar-refractivity contribution in [2.24, 2.45) is 0 Å². The lowest BCUT2D eigenvalue weighted by Crippen LogP contribution is -2.10. The van der Waals surface area contributed by atoms with Crippen molar-refractivity contribution in [3.8, 4) is 0 Å². The summed E-state index contributed by atoms with van der Waals surface area (Å²) >= 11 is 0. The molecule has 0 aromatic rings. The molecule has 0 aliphatic heterocycles. The molecule has 0 aliphatic carbocycles. The zero-order chi connectivity index (χ0) is 24.8. The minimum Gasteiger partial charge on any atom is -0.252 e. The van der Waals surface area contributed by atoms with Crippen LogP contribution in [0, 0.1) is 0 Å². The van der Waals surface area contributed by atoms with Gasteiger partial charge in [-0.15, -0.1) is 0 Å². The molecule has 0 amide bonds. The quantitative estimate of drug-likeness (QED) is 0.0626. The summed E-state index contributed by atoms with van der Waals surface area (Å²) in [5, 5.41) is 9.22. The van der Waals surface area contributed by atoms with Crippen LogP contribution in [0.2, 0.25) is 0 Å². The summed E-state index contributed by atoms with van der Waals surface area (Å²) < 4.78 is 0. The van der Waals surface area contributed by atoms with E-state index in [0.29, 0.717) is 0 Å². The van der Waals surface area contributed by atoms with Gasteiger partial charge < -0.3 is 0 Å². The van der Waals surface area contributed by atoms with E-state index < -0.39 is 0 Å². The predicted octanol–water partition coefficient (Wildman–Crippen LogP) is 12.2. The molecule has 0 aliphatic rings. The second kappa shape index (κ2) is 31.0. The molecule has 0 saturated carbocycles. The molecule has 0 fully saturated rings. The molecule has 0 saturated heterocycles. The Hall–Kier alpha value is -0.0800. The van der Waals surface area contributed by atoms with Gasteiger partial charge in [0.15, 0.2) is 0 Å². The molecule has 0 bridgehead atoms. The Kier molecular flexibility index (Phi) is 30.9. The van der Waals surface area contributed by atoms with Gasteiger partial charge in [0.05, 0.1) is 6.10 Å². The molecule has 0 spiro atoms. The van der Waals surface area contributed by atoms with Crippen LogP contribution in [-0.4, -0.2) is 11.4 Å². The van der Waals surface area contributed by atoms with Gasteiger partial charge in [-0.25, -0.2) is 4.89 Å². The van der Waals surface area contributed by atoms with Gasteiger partial charge in [0.2, 0.25) is 0 Å². The summed E-state index contributed by atoms with van der Waals surface area (Å²) in [6.45, 7) is 4.58. The second-order valence-electron chi connectivity index (χ2n) is 11.1. The topological polar surface area (TPSA) is 29.5 Å². The van der Waals surface area contributed by atoms with Gasteiger partial charge in [0.25, 0.3) is 0 Å². The van der Waals surface area contributed by atoms with Crippen molar-refractivity contribution in [2.75, 3.05) is 0 Å². The molecular weight excluding hydrogens is 416 g/mol. The molecule has 0 aromatic carbocycles.